The average Bonchev–Trinajstić information content (AvgIpc) is 3.06. The van der Waals surface area contributed by atoms with E-state index >= 15 is 0 Å². The number of benzene rings is 2. The third-order valence-corrected chi connectivity index (χ3v) is 4.14. The molecule has 0 radical (unpaired) electrons. The Morgan fingerprint density at radius 1 is 1.04 bits per heavy atom. The number of nitrogens with zero attached hydrogens (tertiary/aromatic N) is 4. The molecule has 26 heavy (non-hydrogen) atoms. The predicted octanol–water partition coefficient (Wildman–Crippen LogP) is 3.97. The first-order valence-electron chi connectivity index (χ1n) is 6.82. The van der Waals surface area contributed by atoms with Gasteiger partial charge in [-0.3, -0.25) is 25.3 Å². The molecule has 0 fully saturated rings. The van der Waals surface area contributed by atoms with E-state index in [0.717, 1.165) is 6.07 Å². The van der Waals surface area contributed by atoms with Gasteiger partial charge in [0, 0.05) is 11.6 Å². The van der Waals surface area contributed by atoms with E-state index in [0.29, 0.717) is 16.7 Å². The maximum absolute atomic E-state index is 11.0. The minimum atomic E-state index is -0.928. The summed E-state index contributed by atoms with van der Waals surface area (Å²) in [7, 11) is 0. The van der Waals surface area contributed by atoms with Crippen molar-refractivity contribution in [2.45, 2.75) is 0 Å². The Bertz CT molecular complexity index is 1050. The topological polar surface area (TPSA) is 148 Å². The summed E-state index contributed by atoms with van der Waals surface area (Å²) >= 11 is 11.8. The zero-order chi connectivity index (χ0) is 19.0. The number of hydrogen-bond donors (Lipinski definition) is 2. The molecule has 2 N–H and O–H groups in total. The van der Waals surface area contributed by atoms with Gasteiger partial charge in [-0.2, -0.15) is 5.10 Å². The van der Waals surface area contributed by atoms with Gasteiger partial charge in [-0.25, -0.2) is 4.98 Å². The summed E-state index contributed by atoms with van der Waals surface area (Å²) in [5.74, 6) is -0.695. The normalized spacial score (nSPS) is 10.7. The number of H-pyrrole nitrogens is 1. The maximum Gasteiger partial charge on any atom is 0.318 e. The molecular formula is C14H7Cl2N5O5. The minimum Gasteiger partial charge on any atom is -0.502 e. The van der Waals surface area contributed by atoms with Crippen LogP contribution in [0.3, 0.4) is 0 Å². The van der Waals surface area contributed by atoms with Crippen LogP contribution in [0.5, 0.6) is 5.75 Å². The van der Waals surface area contributed by atoms with Gasteiger partial charge in [0.25, 0.3) is 5.69 Å². The fourth-order valence-electron chi connectivity index (χ4n) is 2.18. The molecule has 0 atom stereocenters. The monoisotopic (exact) mass is 395 g/mol. The summed E-state index contributed by atoms with van der Waals surface area (Å²) in [4.78, 5) is 24.4. The number of nitrogens with one attached hydrogen (secondary N) is 1. The number of aromatic nitrogens is 3. The summed E-state index contributed by atoms with van der Waals surface area (Å²) in [6, 6.07) is 6.25. The van der Waals surface area contributed by atoms with Gasteiger partial charge >= 0.3 is 5.69 Å². The smallest absolute Gasteiger partial charge is 0.318 e. The van der Waals surface area contributed by atoms with Crippen molar-refractivity contribution in [1.82, 2.24) is 15.2 Å². The van der Waals surface area contributed by atoms with Crippen LogP contribution in [0.1, 0.15) is 0 Å². The fourth-order valence-corrected chi connectivity index (χ4v) is 2.47. The van der Waals surface area contributed by atoms with Crippen LogP contribution in [-0.4, -0.2) is 30.1 Å². The molecule has 0 saturated carbocycles. The zero-order valence-corrected chi connectivity index (χ0v) is 14.0. The molecule has 1 aromatic heterocycles. The van der Waals surface area contributed by atoms with E-state index < -0.39 is 27.0 Å². The molecule has 0 aliphatic rings. The number of hydrogen-bond acceptors (Lipinski definition) is 7. The number of phenolic OH excluding ortho intramolecular Hbond substituents is 1. The van der Waals surface area contributed by atoms with Crippen molar-refractivity contribution >= 4 is 34.6 Å². The molecule has 0 bridgehead atoms. The highest BCUT2D eigenvalue weighted by molar-refractivity contribution is 6.42. The zero-order valence-electron chi connectivity index (χ0n) is 12.5. The summed E-state index contributed by atoms with van der Waals surface area (Å²) in [5, 5.41) is 39.1. The van der Waals surface area contributed by atoms with Crippen LogP contribution < -0.4 is 0 Å². The number of aromatic amines is 1. The van der Waals surface area contributed by atoms with Crippen molar-refractivity contribution in [3.63, 3.8) is 0 Å². The lowest BCUT2D eigenvalue weighted by molar-refractivity contribution is -0.394. The fraction of sp³-hybridized carbons (Fsp3) is 0. The van der Waals surface area contributed by atoms with Gasteiger partial charge in [0.05, 0.1) is 31.5 Å². The van der Waals surface area contributed by atoms with Crippen LogP contribution in [0, 0.1) is 20.2 Å². The lowest BCUT2D eigenvalue weighted by Crippen LogP contribution is -1.95. The van der Waals surface area contributed by atoms with Crippen LogP contribution in [0.4, 0.5) is 11.4 Å². The van der Waals surface area contributed by atoms with E-state index in [1.807, 2.05) is 0 Å². The van der Waals surface area contributed by atoms with Gasteiger partial charge in [-0.1, -0.05) is 23.2 Å². The highest BCUT2D eigenvalue weighted by atomic mass is 35.5. The Balaban J connectivity index is 2.13. The van der Waals surface area contributed by atoms with Crippen molar-refractivity contribution in [2.24, 2.45) is 0 Å². The Hall–Kier alpha value is -3.24. The van der Waals surface area contributed by atoms with Crippen LogP contribution in [-0.2, 0) is 0 Å². The van der Waals surface area contributed by atoms with Crippen molar-refractivity contribution in [2.75, 3.05) is 0 Å². The number of halogens is 2. The van der Waals surface area contributed by atoms with Crippen molar-refractivity contribution in [3.8, 4) is 28.5 Å². The van der Waals surface area contributed by atoms with Gasteiger partial charge < -0.3 is 5.11 Å². The molecule has 10 nitrogen and oxygen atoms in total. The highest BCUT2D eigenvalue weighted by Crippen LogP contribution is 2.39. The molecule has 132 valence electrons. The molecule has 1 heterocycles. The standard InChI is InChI=1S/C14H7Cl2N5O5/c15-9-2-1-6(3-10(9)16)13-17-14(19-18-13)8-4-7(20(23)24)5-11(12(8)22)21(25)26/h1-5,22H,(H,17,18,19). The predicted molar refractivity (Wildman–Crippen MR) is 92.2 cm³/mol. The first-order valence-corrected chi connectivity index (χ1v) is 7.57. The third kappa shape index (κ3) is 3.15. The number of phenols is 1. The molecule has 0 saturated heterocycles. The van der Waals surface area contributed by atoms with Crippen molar-refractivity contribution in [3.05, 3.63) is 60.6 Å². The molecule has 0 amide bonds. The number of nitro groups is 2. The molecule has 0 aliphatic heterocycles. The van der Waals surface area contributed by atoms with E-state index in [9.17, 15) is 25.3 Å². The second kappa shape index (κ2) is 6.58. The first-order chi connectivity index (χ1) is 12.3. The summed E-state index contributed by atoms with van der Waals surface area (Å²) < 4.78 is 0. The molecule has 0 spiro atoms. The van der Waals surface area contributed by atoms with E-state index in [-0.39, 0.29) is 22.2 Å². The maximum atomic E-state index is 11.0. The van der Waals surface area contributed by atoms with E-state index in [1.165, 1.54) is 12.1 Å². The van der Waals surface area contributed by atoms with E-state index in [2.05, 4.69) is 15.2 Å². The van der Waals surface area contributed by atoms with E-state index in [1.54, 1.807) is 6.07 Å². The second-order valence-corrected chi connectivity index (χ2v) is 5.83. The lowest BCUT2D eigenvalue weighted by Gasteiger charge is -2.02. The quantitative estimate of drug-likeness (QED) is 0.501. The summed E-state index contributed by atoms with van der Waals surface area (Å²) in [5.41, 5.74) is -1.13. The van der Waals surface area contributed by atoms with Gasteiger partial charge in [-0.15, -0.1) is 0 Å². The molecule has 0 unspecified atom stereocenters. The molecule has 0 aliphatic carbocycles. The minimum absolute atomic E-state index is 0.0876. The third-order valence-electron chi connectivity index (χ3n) is 3.40. The van der Waals surface area contributed by atoms with Crippen LogP contribution in [0.25, 0.3) is 22.8 Å². The number of aromatic hydroxyl groups is 1. The molecule has 12 heteroatoms. The Labute approximate surface area is 154 Å². The first kappa shape index (κ1) is 17.6. The second-order valence-electron chi connectivity index (χ2n) is 5.01. The number of non-ortho nitro benzene ring substituents is 1. The Morgan fingerprint density at radius 3 is 2.38 bits per heavy atom. The lowest BCUT2D eigenvalue weighted by atomic mass is 10.1. The molecule has 3 rings (SSSR count). The van der Waals surface area contributed by atoms with Crippen LogP contribution in [0.15, 0.2) is 30.3 Å². The van der Waals surface area contributed by atoms with Gasteiger partial charge in [0.1, 0.15) is 0 Å². The largest absolute Gasteiger partial charge is 0.502 e. The highest BCUT2D eigenvalue weighted by Gasteiger charge is 2.26. The van der Waals surface area contributed by atoms with Crippen LogP contribution >= 0.6 is 23.2 Å². The average molecular weight is 396 g/mol. The van der Waals surface area contributed by atoms with Gasteiger partial charge in [-0.05, 0) is 18.2 Å². The van der Waals surface area contributed by atoms with E-state index in [4.69, 9.17) is 23.2 Å². The summed E-state index contributed by atoms with van der Waals surface area (Å²) in [6.45, 7) is 0. The molecule has 3 aromatic rings. The molecular weight excluding hydrogens is 389 g/mol. The van der Waals surface area contributed by atoms with Crippen molar-refractivity contribution < 1.29 is 15.0 Å². The Morgan fingerprint density at radius 2 is 1.77 bits per heavy atom. The number of rotatable bonds is 4. The summed E-state index contributed by atoms with van der Waals surface area (Å²) in [6.07, 6.45) is 0. The number of nitro benzene ring substituents is 2. The van der Waals surface area contributed by atoms with Crippen LogP contribution in [0.2, 0.25) is 10.0 Å². The van der Waals surface area contributed by atoms with Crippen molar-refractivity contribution in [1.29, 1.82) is 0 Å². The van der Waals surface area contributed by atoms with Gasteiger partial charge in [0.2, 0.25) is 5.75 Å². The Kier molecular flexibility index (Phi) is 4.45. The SMILES string of the molecule is O=[N+]([O-])c1cc(-c2nc(-c3ccc(Cl)c(Cl)c3)n[nH]2)c(O)c([N+](=O)[O-])c1. The molecule has 2 aromatic carbocycles. The van der Waals surface area contributed by atoms with Gasteiger partial charge in [0.15, 0.2) is 11.6 Å².